The fraction of sp³-hybridized carbons (Fsp3) is 0.250. The maximum Gasteiger partial charge on any atom is 0.317 e. The number of fused-ring (bicyclic) bond motifs is 1. The zero-order chi connectivity index (χ0) is 18.5. The zero-order valence-corrected chi connectivity index (χ0v) is 14.6. The van der Waals surface area contributed by atoms with Crippen LogP contribution >= 0.6 is 0 Å². The molecule has 6 nitrogen and oxygen atoms in total. The fourth-order valence-corrected chi connectivity index (χ4v) is 2.91. The lowest BCUT2D eigenvalue weighted by Gasteiger charge is -2.15. The summed E-state index contributed by atoms with van der Waals surface area (Å²) in [4.78, 5) is 37.4. The van der Waals surface area contributed by atoms with E-state index < -0.39 is 11.1 Å². The zero-order valence-electron chi connectivity index (χ0n) is 14.6. The lowest BCUT2D eigenvalue weighted by Crippen LogP contribution is -2.44. The summed E-state index contributed by atoms with van der Waals surface area (Å²) in [7, 11) is 0. The van der Waals surface area contributed by atoms with Gasteiger partial charge in [-0.25, -0.2) is 0 Å². The first-order chi connectivity index (χ1) is 12.6. The highest BCUT2D eigenvalue weighted by Crippen LogP contribution is 2.12. The molecule has 2 aromatic carbocycles. The number of hydrogen-bond acceptors (Lipinski definition) is 3. The Balaban J connectivity index is 2.10. The summed E-state index contributed by atoms with van der Waals surface area (Å²) in [5, 5.41) is 2.74. The van der Waals surface area contributed by atoms with E-state index in [9.17, 15) is 14.4 Å². The number of para-hydroxylation sites is 2. The fourth-order valence-electron chi connectivity index (χ4n) is 2.91. The molecule has 0 saturated carbocycles. The third-order valence-corrected chi connectivity index (χ3v) is 4.19. The van der Waals surface area contributed by atoms with E-state index in [0.29, 0.717) is 24.1 Å². The lowest BCUT2D eigenvalue weighted by atomic mass is 10.2. The van der Waals surface area contributed by atoms with E-state index in [-0.39, 0.29) is 12.5 Å². The molecule has 6 heteroatoms. The minimum Gasteiger partial charge on any atom is -0.355 e. The Hall–Kier alpha value is -3.15. The van der Waals surface area contributed by atoms with Gasteiger partial charge in [0, 0.05) is 6.54 Å². The molecule has 0 unspecified atom stereocenters. The van der Waals surface area contributed by atoms with E-state index in [1.165, 1.54) is 9.13 Å². The molecule has 0 spiro atoms. The standard InChI is InChI=1S/C20H21N3O3/c1-2-12-21-18(24)14-23-17-11-7-6-10-16(17)22(19(25)20(23)26)13-15-8-4-3-5-9-15/h3-11H,2,12-14H2,1H3,(H,21,24). The summed E-state index contributed by atoms with van der Waals surface area (Å²) >= 11 is 0. The van der Waals surface area contributed by atoms with Crippen LogP contribution in [0.1, 0.15) is 18.9 Å². The van der Waals surface area contributed by atoms with Gasteiger partial charge in [0.25, 0.3) is 0 Å². The van der Waals surface area contributed by atoms with Gasteiger partial charge in [-0.15, -0.1) is 0 Å². The van der Waals surface area contributed by atoms with Gasteiger partial charge >= 0.3 is 11.1 Å². The number of nitrogens with one attached hydrogen (secondary N) is 1. The monoisotopic (exact) mass is 351 g/mol. The molecular formula is C20H21N3O3. The molecule has 0 aliphatic rings. The minimum atomic E-state index is -0.689. The molecule has 26 heavy (non-hydrogen) atoms. The minimum absolute atomic E-state index is 0.166. The quantitative estimate of drug-likeness (QED) is 0.688. The van der Waals surface area contributed by atoms with Crippen LogP contribution < -0.4 is 16.4 Å². The van der Waals surface area contributed by atoms with Gasteiger partial charge in [-0.2, -0.15) is 0 Å². The first kappa shape index (κ1) is 17.7. The second-order valence-electron chi connectivity index (χ2n) is 6.11. The van der Waals surface area contributed by atoms with Crippen LogP contribution in [0.15, 0.2) is 64.2 Å². The van der Waals surface area contributed by atoms with Crippen molar-refractivity contribution in [3.63, 3.8) is 0 Å². The smallest absolute Gasteiger partial charge is 0.317 e. The first-order valence-electron chi connectivity index (χ1n) is 8.65. The third-order valence-electron chi connectivity index (χ3n) is 4.19. The summed E-state index contributed by atoms with van der Waals surface area (Å²) in [5.74, 6) is -0.278. The highest BCUT2D eigenvalue weighted by Gasteiger charge is 2.15. The van der Waals surface area contributed by atoms with Crippen molar-refractivity contribution in [1.29, 1.82) is 0 Å². The number of hydrogen-bond donors (Lipinski definition) is 1. The third kappa shape index (κ3) is 3.59. The van der Waals surface area contributed by atoms with E-state index in [1.807, 2.05) is 43.3 Å². The van der Waals surface area contributed by atoms with Gasteiger partial charge in [0.05, 0.1) is 17.6 Å². The number of benzene rings is 2. The molecule has 0 fully saturated rings. The molecule has 1 aromatic heterocycles. The summed E-state index contributed by atoms with van der Waals surface area (Å²) in [5.41, 5.74) is 0.809. The van der Waals surface area contributed by atoms with Gasteiger partial charge < -0.3 is 5.32 Å². The molecule has 0 aliphatic heterocycles. The summed E-state index contributed by atoms with van der Waals surface area (Å²) in [6.07, 6.45) is 0.806. The van der Waals surface area contributed by atoms with Crippen molar-refractivity contribution in [2.45, 2.75) is 26.4 Å². The SMILES string of the molecule is CCCNC(=O)Cn1c(=O)c(=O)n(Cc2ccccc2)c2ccccc21. The van der Waals surface area contributed by atoms with Crippen molar-refractivity contribution in [1.82, 2.24) is 14.5 Å². The van der Waals surface area contributed by atoms with Crippen molar-refractivity contribution in [3.05, 3.63) is 80.9 Å². The van der Waals surface area contributed by atoms with E-state index in [0.717, 1.165) is 12.0 Å². The number of nitrogens with zero attached hydrogens (tertiary/aromatic N) is 2. The largest absolute Gasteiger partial charge is 0.355 e. The van der Waals surface area contributed by atoms with Crippen molar-refractivity contribution in [2.24, 2.45) is 0 Å². The maximum absolute atomic E-state index is 12.7. The highest BCUT2D eigenvalue weighted by molar-refractivity contribution is 5.80. The Kier molecular flexibility index (Phi) is 5.31. The van der Waals surface area contributed by atoms with Crippen LogP contribution in [0.2, 0.25) is 0 Å². The Morgan fingerprint density at radius 2 is 1.46 bits per heavy atom. The number of rotatable bonds is 6. The van der Waals surface area contributed by atoms with E-state index in [4.69, 9.17) is 0 Å². The predicted octanol–water partition coefficient (Wildman–Crippen LogP) is 1.74. The molecule has 1 amide bonds. The summed E-state index contributed by atoms with van der Waals surface area (Å²) in [6, 6.07) is 16.6. The van der Waals surface area contributed by atoms with Gasteiger partial charge in [-0.1, -0.05) is 49.4 Å². The molecule has 3 rings (SSSR count). The average Bonchev–Trinajstić information content (AvgIpc) is 2.67. The van der Waals surface area contributed by atoms with Gasteiger partial charge in [-0.05, 0) is 24.1 Å². The molecule has 0 aliphatic carbocycles. The molecule has 3 aromatic rings. The normalized spacial score (nSPS) is 10.8. The lowest BCUT2D eigenvalue weighted by molar-refractivity contribution is -0.121. The number of carbonyl (C=O) groups is 1. The number of aromatic nitrogens is 2. The molecule has 0 saturated heterocycles. The molecule has 0 atom stereocenters. The predicted molar refractivity (Wildman–Crippen MR) is 101 cm³/mol. The van der Waals surface area contributed by atoms with Gasteiger partial charge in [0.1, 0.15) is 6.54 Å². The molecule has 1 N–H and O–H groups in total. The van der Waals surface area contributed by atoms with Crippen LogP contribution in [0.5, 0.6) is 0 Å². The average molecular weight is 351 g/mol. The van der Waals surface area contributed by atoms with E-state index in [1.54, 1.807) is 18.2 Å². The maximum atomic E-state index is 12.7. The van der Waals surface area contributed by atoms with Crippen LogP contribution in [0.25, 0.3) is 11.0 Å². The van der Waals surface area contributed by atoms with Gasteiger partial charge in [-0.3, -0.25) is 23.5 Å². The molecule has 0 radical (unpaired) electrons. The highest BCUT2D eigenvalue weighted by atomic mass is 16.2. The molecule has 1 heterocycles. The van der Waals surface area contributed by atoms with Gasteiger partial charge in [0.2, 0.25) is 5.91 Å². The number of carbonyl (C=O) groups excluding carboxylic acids is 1. The van der Waals surface area contributed by atoms with Crippen LogP contribution in [0, 0.1) is 0 Å². The van der Waals surface area contributed by atoms with Crippen molar-refractivity contribution < 1.29 is 4.79 Å². The Labute approximate surface area is 150 Å². The van der Waals surface area contributed by atoms with Crippen LogP contribution in [-0.4, -0.2) is 21.6 Å². The van der Waals surface area contributed by atoms with Crippen molar-refractivity contribution >= 4 is 16.9 Å². The van der Waals surface area contributed by atoms with Crippen LogP contribution in [-0.2, 0) is 17.9 Å². The van der Waals surface area contributed by atoms with Gasteiger partial charge in [0.15, 0.2) is 0 Å². The molecule has 0 bridgehead atoms. The Morgan fingerprint density at radius 3 is 2.12 bits per heavy atom. The van der Waals surface area contributed by atoms with E-state index >= 15 is 0 Å². The second kappa shape index (κ2) is 7.82. The molecule has 134 valence electrons. The first-order valence-corrected chi connectivity index (χ1v) is 8.65. The summed E-state index contributed by atoms with van der Waals surface area (Å²) < 4.78 is 2.72. The van der Waals surface area contributed by atoms with Crippen molar-refractivity contribution in [3.8, 4) is 0 Å². The second-order valence-corrected chi connectivity index (χ2v) is 6.11. The van der Waals surface area contributed by atoms with Crippen LogP contribution in [0.3, 0.4) is 0 Å². The van der Waals surface area contributed by atoms with Crippen LogP contribution in [0.4, 0.5) is 0 Å². The Morgan fingerprint density at radius 1 is 0.885 bits per heavy atom. The molecular weight excluding hydrogens is 330 g/mol. The van der Waals surface area contributed by atoms with Crippen molar-refractivity contribution in [2.75, 3.05) is 6.54 Å². The topological polar surface area (TPSA) is 73.1 Å². The summed E-state index contributed by atoms with van der Waals surface area (Å²) in [6.45, 7) is 2.63. The Bertz CT molecular complexity index is 1040. The number of amides is 1. The van der Waals surface area contributed by atoms with E-state index in [2.05, 4.69) is 5.32 Å².